The van der Waals surface area contributed by atoms with Crippen LogP contribution in [0.1, 0.15) is 24.1 Å². The van der Waals surface area contributed by atoms with E-state index in [9.17, 15) is 0 Å². The van der Waals surface area contributed by atoms with Crippen molar-refractivity contribution in [1.29, 1.82) is 0 Å². The molecule has 21 heavy (non-hydrogen) atoms. The summed E-state index contributed by atoms with van der Waals surface area (Å²) in [6.07, 6.45) is 8.20. The van der Waals surface area contributed by atoms with Crippen LogP contribution in [0.15, 0.2) is 30.7 Å². The van der Waals surface area contributed by atoms with Crippen LogP contribution < -0.4 is 10.2 Å². The Labute approximate surface area is 126 Å². The molecule has 112 valence electrons. The highest BCUT2D eigenvalue weighted by Gasteiger charge is 2.19. The first-order valence-electron chi connectivity index (χ1n) is 7.60. The molecule has 3 heterocycles. The second-order valence-electron chi connectivity index (χ2n) is 5.76. The number of nitrogens with one attached hydrogen (secondary N) is 1. The Morgan fingerprint density at radius 3 is 2.57 bits per heavy atom. The smallest absolute Gasteiger partial charge is 0.0638 e. The van der Waals surface area contributed by atoms with E-state index in [1.165, 1.54) is 24.1 Å². The first-order chi connectivity index (χ1) is 10.2. The third kappa shape index (κ3) is 3.42. The van der Waals surface area contributed by atoms with E-state index in [-0.39, 0.29) is 0 Å². The molecule has 5 nitrogen and oxygen atoms in total. The van der Waals surface area contributed by atoms with E-state index < -0.39 is 0 Å². The van der Waals surface area contributed by atoms with Crippen molar-refractivity contribution in [2.24, 2.45) is 7.05 Å². The van der Waals surface area contributed by atoms with Gasteiger partial charge in [0.15, 0.2) is 0 Å². The molecule has 0 spiro atoms. The summed E-state index contributed by atoms with van der Waals surface area (Å²) in [6.45, 7) is 5.20. The third-order valence-corrected chi connectivity index (χ3v) is 4.22. The van der Waals surface area contributed by atoms with Gasteiger partial charge in [-0.2, -0.15) is 5.10 Å². The predicted molar refractivity (Wildman–Crippen MR) is 84.3 cm³/mol. The lowest BCUT2D eigenvalue weighted by Gasteiger charge is -2.34. The number of piperidine rings is 1. The standard InChI is InChI=1S/C16H23N5/c1-13-14(12-20(2)19-13)11-18-15-5-9-21(10-6-15)16-3-7-17-8-4-16/h3-4,7-8,12,15,18H,5-6,9-11H2,1-2H3. The van der Waals surface area contributed by atoms with E-state index in [4.69, 9.17) is 0 Å². The maximum absolute atomic E-state index is 4.39. The van der Waals surface area contributed by atoms with Gasteiger partial charge in [-0.1, -0.05) is 0 Å². The summed E-state index contributed by atoms with van der Waals surface area (Å²) < 4.78 is 1.89. The minimum atomic E-state index is 0.600. The molecule has 1 saturated heterocycles. The number of aryl methyl sites for hydroxylation is 2. The highest BCUT2D eigenvalue weighted by Crippen LogP contribution is 2.19. The molecule has 3 rings (SSSR count). The second kappa shape index (κ2) is 6.26. The summed E-state index contributed by atoms with van der Waals surface area (Å²) >= 11 is 0. The SMILES string of the molecule is Cc1nn(C)cc1CNC1CCN(c2ccncc2)CC1. The van der Waals surface area contributed by atoms with Crippen molar-refractivity contribution in [2.75, 3.05) is 18.0 Å². The van der Waals surface area contributed by atoms with Crippen molar-refractivity contribution in [1.82, 2.24) is 20.1 Å². The summed E-state index contributed by atoms with van der Waals surface area (Å²) in [5, 5.41) is 8.06. The van der Waals surface area contributed by atoms with Crippen LogP contribution in [0.2, 0.25) is 0 Å². The Hall–Kier alpha value is -1.88. The van der Waals surface area contributed by atoms with Crippen molar-refractivity contribution in [2.45, 2.75) is 32.4 Å². The zero-order chi connectivity index (χ0) is 14.7. The zero-order valence-corrected chi connectivity index (χ0v) is 12.8. The van der Waals surface area contributed by atoms with Gasteiger partial charge in [-0.3, -0.25) is 9.67 Å². The number of pyridine rings is 1. The summed E-state index contributed by atoms with van der Waals surface area (Å²) in [4.78, 5) is 6.52. The van der Waals surface area contributed by atoms with Crippen LogP contribution in [0, 0.1) is 6.92 Å². The number of hydrogen-bond donors (Lipinski definition) is 1. The molecule has 0 unspecified atom stereocenters. The van der Waals surface area contributed by atoms with Crippen LogP contribution in [0.4, 0.5) is 5.69 Å². The van der Waals surface area contributed by atoms with Crippen molar-refractivity contribution >= 4 is 5.69 Å². The summed E-state index contributed by atoms with van der Waals surface area (Å²) in [5.41, 5.74) is 3.71. The lowest BCUT2D eigenvalue weighted by atomic mass is 10.0. The molecule has 0 saturated carbocycles. The van der Waals surface area contributed by atoms with Gasteiger partial charge in [0, 0.05) is 62.6 Å². The topological polar surface area (TPSA) is 46.0 Å². The maximum Gasteiger partial charge on any atom is 0.0638 e. The molecule has 2 aromatic rings. The highest BCUT2D eigenvalue weighted by molar-refractivity contribution is 5.44. The van der Waals surface area contributed by atoms with Crippen LogP contribution in [0.5, 0.6) is 0 Å². The molecule has 1 aliphatic heterocycles. The van der Waals surface area contributed by atoms with E-state index in [1.54, 1.807) is 0 Å². The minimum absolute atomic E-state index is 0.600. The Balaban J connectivity index is 1.49. The van der Waals surface area contributed by atoms with Crippen molar-refractivity contribution < 1.29 is 0 Å². The van der Waals surface area contributed by atoms with E-state index >= 15 is 0 Å². The highest BCUT2D eigenvalue weighted by atomic mass is 15.3. The molecule has 0 bridgehead atoms. The van der Waals surface area contributed by atoms with Gasteiger partial charge in [0.2, 0.25) is 0 Å². The summed E-state index contributed by atoms with van der Waals surface area (Å²) in [5.74, 6) is 0. The average Bonchev–Trinajstić information content (AvgIpc) is 2.84. The molecule has 1 fully saturated rings. The Morgan fingerprint density at radius 2 is 1.95 bits per heavy atom. The van der Waals surface area contributed by atoms with E-state index in [0.29, 0.717) is 6.04 Å². The predicted octanol–water partition coefficient (Wildman–Crippen LogP) is 1.88. The number of anilines is 1. The second-order valence-corrected chi connectivity index (χ2v) is 5.76. The zero-order valence-electron chi connectivity index (χ0n) is 12.8. The third-order valence-electron chi connectivity index (χ3n) is 4.22. The van der Waals surface area contributed by atoms with Crippen LogP contribution in [0.25, 0.3) is 0 Å². The quantitative estimate of drug-likeness (QED) is 0.932. The first-order valence-corrected chi connectivity index (χ1v) is 7.60. The van der Waals surface area contributed by atoms with E-state index in [1.807, 2.05) is 24.1 Å². The maximum atomic E-state index is 4.39. The molecule has 2 aromatic heterocycles. The van der Waals surface area contributed by atoms with Gasteiger partial charge in [-0.25, -0.2) is 0 Å². The number of hydrogen-bond acceptors (Lipinski definition) is 4. The fourth-order valence-electron chi connectivity index (χ4n) is 2.97. The van der Waals surface area contributed by atoms with Crippen LogP contribution >= 0.6 is 0 Å². The molecule has 1 N–H and O–H groups in total. The summed E-state index contributed by atoms with van der Waals surface area (Å²) in [6, 6.07) is 4.78. The van der Waals surface area contributed by atoms with E-state index in [0.717, 1.165) is 25.3 Å². The van der Waals surface area contributed by atoms with Gasteiger partial charge in [-0.05, 0) is 31.9 Å². The molecule has 0 amide bonds. The van der Waals surface area contributed by atoms with Gasteiger partial charge in [0.25, 0.3) is 0 Å². The number of aromatic nitrogens is 3. The molecular weight excluding hydrogens is 262 g/mol. The molecule has 5 heteroatoms. The fraction of sp³-hybridized carbons (Fsp3) is 0.500. The van der Waals surface area contributed by atoms with Crippen LogP contribution in [-0.4, -0.2) is 33.9 Å². The molecule has 0 aromatic carbocycles. The molecule has 0 atom stereocenters. The van der Waals surface area contributed by atoms with Gasteiger partial charge in [0.1, 0.15) is 0 Å². The fourth-order valence-corrected chi connectivity index (χ4v) is 2.97. The van der Waals surface area contributed by atoms with Gasteiger partial charge in [0.05, 0.1) is 5.69 Å². The number of rotatable bonds is 4. The Morgan fingerprint density at radius 1 is 1.24 bits per heavy atom. The van der Waals surface area contributed by atoms with Gasteiger partial charge < -0.3 is 10.2 Å². The molecule has 0 radical (unpaired) electrons. The largest absolute Gasteiger partial charge is 0.371 e. The van der Waals surface area contributed by atoms with Crippen LogP contribution in [-0.2, 0) is 13.6 Å². The lowest BCUT2D eigenvalue weighted by molar-refractivity contribution is 0.413. The van der Waals surface area contributed by atoms with E-state index in [2.05, 4.69) is 45.6 Å². The Bertz CT molecular complexity index is 570. The molecular formula is C16H23N5. The van der Waals surface area contributed by atoms with Crippen molar-refractivity contribution in [3.63, 3.8) is 0 Å². The lowest BCUT2D eigenvalue weighted by Crippen LogP contribution is -2.42. The summed E-state index contributed by atoms with van der Waals surface area (Å²) in [7, 11) is 1.98. The number of nitrogens with zero attached hydrogens (tertiary/aromatic N) is 4. The van der Waals surface area contributed by atoms with Crippen molar-refractivity contribution in [3.05, 3.63) is 42.0 Å². The molecule has 0 aliphatic carbocycles. The van der Waals surface area contributed by atoms with Gasteiger partial charge in [-0.15, -0.1) is 0 Å². The first kappa shape index (κ1) is 14.1. The normalized spacial score (nSPS) is 16.4. The van der Waals surface area contributed by atoms with Crippen molar-refractivity contribution in [3.8, 4) is 0 Å². The average molecular weight is 285 g/mol. The minimum Gasteiger partial charge on any atom is -0.371 e. The van der Waals surface area contributed by atoms with Gasteiger partial charge >= 0.3 is 0 Å². The monoisotopic (exact) mass is 285 g/mol. The van der Waals surface area contributed by atoms with Crippen LogP contribution in [0.3, 0.4) is 0 Å². The Kier molecular flexibility index (Phi) is 4.20. The molecule has 1 aliphatic rings.